The van der Waals surface area contributed by atoms with Gasteiger partial charge in [-0.1, -0.05) is 42.5 Å². The first kappa shape index (κ1) is 21.5. The number of fused-ring (bicyclic) bond motifs is 1. The molecule has 4 aromatic rings. The molecule has 1 aromatic heterocycles. The van der Waals surface area contributed by atoms with Gasteiger partial charge in [0.05, 0.1) is 23.3 Å². The van der Waals surface area contributed by atoms with Crippen LogP contribution in [0.25, 0.3) is 22.4 Å². The van der Waals surface area contributed by atoms with Crippen LogP contribution in [-0.4, -0.2) is 39.0 Å². The summed E-state index contributed by atoms with van der Waals surface area (Å²) in [7, 11) is 0. The molecular weight excluding hydrogens is 433 g/mol. The highest BCUT2D eigenvalue weighted by Gasteiger charge is 2.22. The van der Waals surface area contributed by atoms with E-state index in [1.807, 2.05) is 30.3 Å². The number of H-pyrrole nitrogens is 1. The monoisotopic (exact) mass is 455 g/mol. The molecule has 0 saturated carbocycles. The minimum absolute atomic E-state index is 0.0566. The van der Waals surface area contributed by atoms with Crippen LogP contribution in [0.5, 0.6) is 0 Å². The van der Waals surface area contributed by atoms with E-state index < -0.39 is 0 Å². The minimum Gasteiger partial charge on any atom is -0.338 e. The normalized spacial score (nSPS) is 13.2. The van der Waals surface area contributed by atoms with Crippen molar-refractivity contribution >= 4 is 34.2 Å². The van der Waals surface area contributed by atoms with Gasteiger partial charge >= 0.3 is 0 Å². The van der Waals surface area contributed by atoms with Gasteiger partial charge in [-0.25, -0.2) is 14.4 Å². The van der Waals surface area contributed by atoms with Crippen molar-refractivity contribution < 1.29 is 14.0 Å². The molecule has 34 heavy (non-hydrogen) atoms. The summed E-state index contributed by atoms with van der Waals surface area (Å²) in [4.78, 5) is 32.6. The first-order valence-corrected chi connectivity index (χ1v) is 11.0. The molecule has 2 heterocycles. The number of halogens is 1. The third-order valence-corrected chi connectivity index (χ3v) is 5.63. The zero-order valence-electron chi connectivity index (χ0n) is 18.3. The minimum atomic E-state index is -0.337. The van der Waals surface area contributed by atoms with Crippen molar-refractivity contribution in [3.63, 3.8) is 0 Å². The summed E-state index contributed by atoms with van der Waals surface area (Å²) < 4.78 is 13.5. The highest BCUT2D eigenvalue weighted by molar-refractivity contribution is 6.03. The predicted molar refractivity (Wildman–Crippen MR) is 129 cm³/mol. The number of carbonyl (C=O) groups is 2. The van der Waals surface area contributed by atoms with Crippen molar-refractivity contribution in [1.82, 2.24) is 15.0 Å². The van der Waals surface area contributed by atoms with E-state index in [0.29, 0.717) is 41.1 Å². The molecule has 2 amide bonds. The molecule has 0 atom stereocenters. The number of nitrogens with zero attached hydrogens (tertiary/aromatic N) is 3. The lowest BCUT2D eigenvalue weighted by Gasteiger charge is -2.11. The lowest BCUT2D eigenvalue weighted by Crippen LogP contribution is -2.24. The van der Waals surface area contributed by atoms with E-state index in [4.69, 9.17) is 0 Å². The van der Waals surface area contributed by atoms with Crippen molar-refractivity contribution in [2.24, 2.45) is 5.10 Å². The number of hydrogen-bond donors (Lipinski definition) is 2. The highest BCUT2D eigenvalue weighted by Crippen LogP contribution is 2.23. The van der Waals surface area contributed by atoms with E-state index in [2.05, 4.69) is 20.4 Å². The Labute approximate surface area is 195 Å². The lowest BCUT2D eigenvalue weighted by atomic mass is 10.1. The molecule has 3 aromatic carbocycles. The van der Waals surface area contributed by atoms with E-state index in [1.54, 1.807) is 30.3 Å². The Morgan fingerprint density at radius 3 is 2.62 bits per heavy atom. The molecule has 8 heteroatoms. The van der Waals surface area contributed by atoms with Gasteiger partial charge in [0.2, 0.25) is 11.8 Å². The van der Waals surface area contributed by atoms with Crippen LogP contribution in [-0.2, 0) is 9.59 Å². The molecule has 0 saturated heterocycles. The largest absolute Gasteiger partial charge is 0.338 e. The zero-order valence-corrected chi connectivity index (χ0v) is 18.3. The second-order valence-corrected chi connectivity index (χ2v) is 8.06. The van der Waals surface area contributed by atoms with Gasteiger partial charge in [-0.3, -0.25) is 9.59 Å². The van der Waals surface area contributed by atoms with Crippen LogP contribution in [0.15, 0.2) is 77.9 Å². The van der Waals surface area contributed by atoms with Gasteiger partial charge in [-0.15, -0.1) is 0 Å². The molecular formula is C26H22FN5O2. The average Bonchev–Trinajstić information content (AvgIpc) is 3.51. The Balaban J connectivity index is 1.19. The molecule has 1 aliphatic rings. The predicted octanol–water partition coefficient (Wildman–Crippen LogP) is 4.72. The highest BCUT2D eigenvalue weighted by atomic mass is 19.1. The third-order valence-electron chi connectivity index (χ3n) is 5.63. The molecule has 0 bridgehead atoms. The number of amides is 2. The molecule has 1 aliphatic heterocycles. The topological polar surface area (TPSA) is 90.4 Å². The Kier molecular flexibility index (Phi) is 5.86. The maximum absolute atomic E-state index is 13.5. The molecule has 0 unspecified atom stereocenters. The average molecular weight is 455 g/mol. The number of hydrazone groups is 1. The summed E-state index contributed by atoms with van der Waals surface area (Å²) in [6, 6.07) is 21.2. The quantitative estimate of drug-likeness (QED) is 0.441. The van der Waals surface area contributed by atoms with Crippen molar-refractivity contribution in [2.45, 2.75) is 19.3 Å². The summed E-state index contributed by atoms with van der Waals surface area (Å²) in [5, 5.41) is 8.69. The zero-order chi connectivity index (χ0) is 23.5. The standard InChI is InChI=1S/C26H22FN5O2/c27-19-8-4-7-18(15-19)26-29-22-10-9-20(16-23(22)30-26)28-24(33)11-12-25(34)32-14-13-21(31-32)17-5-2-1-3-6-17/h1-10,15-16H,11-14H2,(H,28,33)(H,29,30). The number of rotatable bonds is 6. The van der Waals surface area contributed by atoms with Gasteiger partial charge in [0.15, 0.2) is 0 Å². The van der Waals surface area contributed by atoms with E-state index in [1.165, 1.54) is 17.1 Å². The van der Waals surface area contributed by atoms with Crippen LogP contribution in [0.2, 0.25) is 0 Å². The third kappa shape index (κ3) is 4.71. The lowest BCUT2D eigenvalue weighted by molar-refractivity contribution is -0.132. The number of aromatic amines is 1. The molecule has 0 radical (unpaired) electrons. The Bertz CT molecular complexity index is 1400. The van der Waals surface area contributed by atoms with E-state index in [-0.39, 0.29) is 30.5 Å². The van der Waals surface area contributed by atoms with Crippen LogP contribution in [0.4, 0.5) is 10.1 Å². The summed E-state index contributed by atoms with van der Waals surface area (Å²) >= 11 is 0. The van der Waals surface area contributed by atoms with Gasteiger partial charge in [-0.2, -0.15) is 5.10 Å². The Hall–Kier alpha value is -4.33. The maximum Gasteiger partial charge on any atom is 0.243 e. The number of imidazole rings is 1. The summed E-state index contributed by atoms with van der Waals surface area (Å²) in [5.74, 6) is -0.227. The fraction of sp³-hybridized carbons (Fsp3) is 0.154. The Morgan fingerprint density at radius 2 is 1.79 bits per heavy atom. The number of anilines is 1. The van der Waals surface area contributed by atoms with Crippen LogP contribution < -0.4 is 5.32 Å². The van der Waals surface area contributed by atoms with Gasteiger partial charge in [0, 0.05) is 30.5 Å². The number of aromatic nitrogens is 2. The molecule has 0 spiro atoms. The van der Waals surface area contributed by atoms with Gasteiger partial charge in [0.1, 0.15) is 11.6 Å². The Morgan fingerprint density at radius 1 is 0.971 bits per heavy atom. The van der Waals surface area contributed by atoms with Crippen molar-refractivity contribution in [2.75, 3.05) is 11.9 Å². The van der Waals surface area contributed by atoms with Gasteiger partial charge in [0.25, 0.3) is 0 Å². The summed E-state index contributed by atoms with van der Waals surface area (Å²) in [5.41, 5.74) is 4.53. The van der Waals surface area contributed by atoms with Crippen molar-refractivity contribution in [3.05, 3.63) is 84.2 Å². The number of benzene rings is 3. The maximum atomic E-state index is 13.5. The van der Waals surface area contributed by atoms with Crippen LogP contribution in [0.3, 0.4) is 0 Å². The fourth-order valence-electron chi connectivity index (χ4n) is 3.90. The van der Waals surface area contributed by atoms with Crippen LogP contribution in [0.1, 0.15) is 24.8 Å². The smallest absolute Gasteiger partial charge is 0.243 e. The van der Waals surface area contributed by atoms with Crippen LogP contribution in [0, 0.1) is 5.82 Å². The van der Waals surface area contributed by atoms with E-state index in [0.717, 1.165) is 11.3 Å². The van der Waals surface area contributed by atoms with E-state index >= 15 is 0 Å². The van der Waals surface area contributed by atoms with Crippen molar-refractivity contribution in [3.8, 4) is 11.4 Å². The molecule has 0 aliphatic carbocycles. The first-order chi connectivity index (χ1) is 16.5. The number of carbonyl (C=O) groups excluding carboxylic acids is 2. The summed E-state index contributed by atoms with van der Waals surface area (Å²) in [6.45, 7) is 0.523. The molecule has 7 nitrogen and oxygen atoms in total. The SMILES string of the molecule is O=C(CCC(=O)N1CCC(c2ccccc2)=N1)Nc1ccc2nc(-c3cccc(F)c3)[nH]c2c1. The molecule has 0 fully saturated rings. The number of nitrogens with one attached hydrogen (secondary N) is 2. The van der Waals surface area contributed by atoms with Gasteiger partial charge in [-0.05, 0) is 35.9 Å². The number of hydrogen-bond acceptors (Lipinski definition) is 4. The molecule has 170 valence electrons. The first-order valence-electron chi connectivity index (χ1n) is 11.0. The molecule has 2 N–H and O–H groups in total. The second-order valence-electron chi connectivity index (χ2n) is 8.06. The van der Waals surface area contributed by atoms with E-state index in [9.17, 15) is 14.0 Å². The van der Waals surface area contributed by atoms with Crippen LogP contribution >= 0.6 is 0 Å². The second kappa shape index (κ2) is 9.27. The summed E-state index contributed by atoms with van der Waals surface area (Å²) in [6.07, 6.45) is 0.832. The van der Waals surface area contributed by atoms with Gasteiger partial charge < -0.3 is 10.3 Å². The fourth-order valence-corrected chi connectivity index (χ4v) is 3.90. The van der Waals surface area contributed by atoms with Crippen molar-refractivity contribution in [1.29, 1.82) is 0 Å². The molecule has 5 rings (SSSR count).